The van der Waals surface area contributed by atoms with Crippen LogP contribution in [0.1, 0.15) is 0 Å². The Morgan fingerprint density at radius 1 is 0.322 bits per heavy atom. The molecule has 0 radical (unpaired) electrons. The molecule has 0 bridgehead atoms. The minimum Gasteiger partial charge on any atom is -0.316 e. The summed E-state index contributed by atoms with van der Waals surface area (Å²) in [5.74, 6) is 0.684. The van der Waals surface area contributed by atoms with E-state index >= 15 is 0 Å². The third-order valence-corrected chi connectivity index (χ3v) is 11.7. The summed E-state index contributed by atoms with van der Waals surface area (Å²) in [5.41, 5.74) is 14.0. The molecule has 0 aliphatic rings. The topological polar surface area (TPSA) is 40.6 Å². The molecular weight excluding hydrogens is 719 g/mol. The Bertz CT molecular complexity index is 3470. The Balaban J connectivity index is 1.15. The van der Waals surface area contributed by atoms with E-state index in [4.69, 9.17) is 9.97 Å². The number of rotatable bonds is 6. The molecule has 5 nitrogen and oxygen atoms in total. The zero-order chi connectivity index (χ0) is 38.9. The molecule has 4 heterocycles. The van der Waals surface area contributed by atoms with Gasteiger partial charge in [0.05, 0.1) is 39.0 Å². The zero-order valence-electron chi connectivity index (χ0n) is 31.9. The van der Waals surface area contributed by atoms with Crippen LogP contribution in [0.3, 0.4) is 0 Å². The van der Waals surface area contributed by atoms with Crippen LogP contribution in [0.2, 0.25) is 0 Å². The Hall–Kier alpha value is -8.02. The molecule has 4 aromatic heterocycles. The van der Waals surface area contributed by atoms with Gasteiger partial charge in [-0.2, -0.15) is 0 Å². The van der Waals surface area contributed by atoms with E-state index in [0.29, 0.717) is 5.82 Å². The van der Waals surface area contributed by atoms with Crippen LogP contribution in [0.4, 0.5) is 0 Å². The lowest BCUT2D eigenvalue weighted by atomic mass is 10.1. The number of nitrogens with zero attached hydrogens (tertiary/aromatic N) is 5. The van der Waals surface area contributed by atoms with E-state index in [2.05, 4.69) is 214 Å². The van der Waals surface area contributed by atoms with Gasteiger partial charge in [-0.15, -0.1) is 0 Å². The van der Waals surface area contributed by atoms with Crippen molar-refractivity contribution in [1.82, 2.24) is 23.7 Å². The molecule has 0 saturated heterocycles. The average molecular weight is 754 g/mol. The van der Waals surface area contributed by atoms with E-state index in [0.717, 1.165) is 56.2 Å². The van der Waals surface area contributed by atoms with Gasteiger partial charge >= 0.3 is 0 Å². The molecule has 0 saturated carbocycles. The predicted molar refractivity (Wildman–Crippen MR) is 244 cm³/mol. The Morgan fingerprint density at radius 3 is 1.59 bits per heavy atom. The van der Waals surface area contributed by atoms with Gasteiger partial charge in [0.2, 0.25) is 0 Å². The highest BCUT2D eigenvalue weighted by atomic mass is 15.0. The van der Waals surface area contributed by atoms with Gasteiger partial charge in [0, 0.05) is 66.9 Å². The molecule has 8 aromatic carbocycles. The number of aromatic nitrogens is 5. The first kappa shape index (κ1) is 33.2. The molecule has 0 N–H and O–H groups in total. The smallest absolute Gasteiger partial charge is 0.160 e. The summed E-state index contributed by atoms with van der Waals surface area (Å²) in [6, 6.07) is 73.2. The molecule has 0 atom stereocenters. The molecular formula is C54H35N5. The van der Waals surface area contributed by atoms with Crippen molar-refractivity contribution in [2.24, 2.45) is 0 Å². The van der Waals surface area contributed by atoms with Crippen molar-refractivity contribution >= 4 is 54.5 Å². The second kappa shape index (κ2) is 13.3. The van der Waals surface area contributed by atoms with Crippen molar-refractivity contribution in [3.8, 4) is 51.0 Å². The van der Waals surface area contributed by atoms with Gasteiger partial charge < -0.3 is 13.7 Å². The zero-order valence-corrected chi connectivity index (χ0v) is 31.9. The molecule has 12 rings (SSSR count). The monoisotopic (exact) mass is 753 g/mol. The van der Waals surface area contributed by atoms with E-state index in [-0.39, 0.29) is 0 Å². The van der Waals surface area contributed by atoms with Gasteiger partial charge in [-0.25, -0.2) is 9.97 Å². The fourth-order valence-corrected chi connectivity index (χ4v) is 9.06. The van der Waals surface area contributed by atoms with E-state index in [9.17, 15) is 0 Å². The van der Waals surface area contributed by atoms with Gasteiger partial charge in [0.15, 0.2) is 5.82 Å². The predicted octanol–water partition coefficient (Wildman–Crippen LogP) is 13.6. The first-order valence-corrected chi connectivity index (χ1v) is 20.0. The highest BCUT2D eigenvalue weighted by Crippen LogP contribution is 2.44. The molecule has 5 heteroatoms. The van der Waals surface area contributed by atoms with Crippen LogP contribution in [0.25, 0.3) is 105 Å². The number of benzene rings is 8. The number of fused-ring (bicyclic) bond motifs is 9. The lowest BCUT2D eigenvalue weighted by Crippen LogP contribution is -1.98. The van der Waals surface area contributed by atoms with Crippen LogP contribution in [-0.2, 0) is 0 Å². The van der Waals surface area contributed by atoms with Gasteiger partial charge in [-0.1, -0.05) is 133 Å². The molecule has 0 aliphatic carbocycles. The molecule has 59 heavy (non-hydrogen) atoms. The minimum absolute atomic E-state index is 0.684. The molecule has 0 spiro atoms. The van der Waals surface area contributed by atoms with Crippen LogP contribution in [0.15, 0.2) is 212 Å². The van der Waals surface area contributed by atoms with Crippen molar-refractivity contribution in [3.63, 3.8) is 0 Å². The summed E-state index contributed by atoms with van der Waals surface area (Å²) in [6.07, 6.45) is 2.20. The summed E-state index contributed by atoms with van der Waals surface area (Å²) in [4.78, 5) is 10.4. The molecule has 0 unspecified atom stereocenters. The number of hydrogen-bond donors (Lipinski definition) is 0. The second-order valence-electron chi connectivity index (χ2n) is 15.0. The van der Waals surface area contributed by atoms with Crippen molar-refractivity contribution in [1.29, 1.82) is 0 Å². The van der Waals surface area contributed by atoms with E-state index in [1.165, 1.54) is 43.5 Å². The highest BCUT2D eigenvalue weighted by Gasteiger charge is 2.23. The fraction of sp³-hybridized carbons (Fsp3) is 0. The van der Waals surface area contributed by atoms with Crippen LogP contribution in [0.5, 0.6) is 0 Å². The first-order valence-electron chi connectivity index (χ1n) is 20.0. The lowest BCUT2D eigenvalue weighted by Gasteiger charge is -2.13. The number of para-hydroxylation sites is 3. The Labute approximate surface area is 340 Å². The maximum Gasteiger partial charge on any atom is 0.160 e. The fourth-order valence-electron chi connectivity index (χ4n) is 9.06. The quantitative estimate of drug-likeness (QED) is 0.170. The van der Waals surface area contributed by atoms with Gasteiger partial charge in [-0.05, 0) is 72.8 Å². The maximum atomic E-state index is 5.20. The van der Waals surface area contributed by atoms with Gasteiger partial charge in [-0.3, -0.25) is 0 Å². The SMILES string of the molecule is c1ccc(-c2cc(-c3ccccc3)nc(-c3cccc(-n4c5ccccc5c5ccc6c(c7ccc8c(ccn8-c8ccccc8)c7n6-c6ccccc6)c54)c3)n2)cc1. The molecule has 0 fully saturated rings. The largest absolute Gasteiger partial charge is 0.316 e. The van der Waals surface area contributed by atoms with Crippen molar-refractivity contribution < 1.29 is 0 Å². The minimum atomic E-state index is 0.684. The van der Waals surface area contributed by atoms with Crippen LogP contribution in [-0.4, -0.2) is 23.7 Å². The van der Waals surface area contributed by atoms with Crippen molar-refractivity contribution in [3.05, 3.63) is 212 Å². The molecule has 0 amide bonds. The number of hydrogen-bond acceptors (Lipinski definition) is 2. The third kappa shape index (κ3) is 5.25. The molecule has 12 aromatic rings. The molecule has 0 aliphatic heterocycles. The summed E-state index contributed by atoms with van der Waals surface area (Å²) >= 11 is 0. The first-order chi connectivity index (χ1) is 29.3. The lowest BCUT2D eigenvalue weighted by molar-refractivity contribution is 1.13. The highest BCUT2D eigenvalue weighted by molar-refractivity contribution is 6.29. The van der Waals surface area contributed by atoms with E-state index < -0.39 is 0 Å². The van der Waals surface area contributed by atoms with Crippen LogP contribution < -0.4 is 0 Å². The second-order valence-corrected chi connectivity index (χ2v) is 15.0. The van der Waals surface area contributed by atoms with E-state index in [1.54, 1.807) is 0 Å². The Morgan fingerprint density at radius 2 is 0.881 bits per heavy atom. The average Bonchev–Trinajstić information content (AvgIpc) is 4.00. The maximum absolute atomic E-state index is 5.20. The van der Waals surface area contributed by atoms with Gasteiger partial charge in [0.1, 0.15) is 0 Å². The summed E-state index contributed by atoms with van der Waals surface area (Å²) in [5, 5.41) is 6.04. The Kier molecular flexibility index (Phi) is 7.47. The van der Waals surface area contributed by atoms with Crippen LogP contribution >= 0.6 is 0 Å². The third-order valence-electron chi connectivity index (χ3n) is 11.7. The summed E-state index contributed by atoms with van der Waals surface area (Å²) < 4.78 is 7.19. The van der Waals surface area contributed by atoms with Gasteiger partial charge in [0.25, 0.3) is 0 Å². The van der Waals surface area contributed by atoms with E-state index in [1.807, 2.05) is 12.1 Å². The van der Waals surface area contributed by atoms with Crippen molar-refractivity contribution in [2.75, 3.05) is 0 Å². The van der Waals surface area contributed by atoms with Crippen molar-refractivity contribution in [2.45, 2.75) is 0 Å². The normalized spacial score (nSPS) is 11.7. The van der Waals surface area contributed by atoms with Crippen LogP contribution in [0, 0.1) is 0 Å². The molecule has 276 valence electrons. The summed E-state index contributed by atoms with van der Waals surface area (Å²) in [7, 11) is 0. The summed E-state index contributed by atoms with van der Waals surface area (Å²) in [6.45, 7) is 0. The standard InChI is InChI=1S/C54H35N5/c1-5-16-36(17-6-1)46-35-47(37-18-7-2-8-19-37)56-54(55-46)38-20-15-25-41(34-38)59-49-27-14-13-26-42(49)43-28-31-50-51(53(43)59)45-29-30-48-44(32-33-57(48)39-21-9-3-10-22-39)52(45)58(50)40-23-11-4-12-24-40/h1-35H.